The minimum absolute atomic E-state index is 0.278. The molecule has 0 spiro atoms. The molecule has 3 aromatic rings. The molecule has 4 rings (SSSR count). The zero-order valence-corrected chi connectivity index (χ0v) is 18.1. The molecule has 0 radical (unpaired) electrons. The van der Waals surface area contributed by atoms with Crippen LogP contribution >= 0.6 is 15.9 Å². The van der Waals surface area contributed by atoms with E-state index in [1.165, 1.54) is 25.7 Å². The summed E-state index contributed by atoms with van der Waals surface area (Å²) in [5.74, 6) is 2.42. The Morgan fingerprint density at radius 1 is 1.07 bits per heavy atom. The van der Waals surface area contributed by atoms with Crippen molar-refractivity contribution in [1.29, 1.82) is 0 Å². The van der Waals surface area contributed by atoms with Crippen molar-refractivity contribution in [3.63, 3.8) is 0 Å². The number of para-hydroxylation sites is 2. The van der Waals surface area contributed by atoms with Gasteiger partial charge in [-0.3, -0.25) is 0 Å². The molecule has 0 amide bonds. The standard InChI is InChI=1S/C23H27BrN2O3/c24-18-9-11-20(12-10-18)29-14-13-28-16-19(27)15-26-22-8-4-3-7-21(22)25-23(26)17-5-1-2-6-17/h3-4,7-12,17,19,27H,1-2,5-6,13-16H2. The fourth-order valence-electron chi connectivity index (χ4n) is 4.01. The summed E-state index contributed by atoms with van der Waals surface area (Å²) in [6.45, 7) is 1.67. The summed E-state index contributed by atoms with van der Waals surface area (Å²) in [7, 11) is 0. The number of hydrogen-bond donors (Lipinski definition) is 1. The molecule has 5 nitrogen and oxygen atoms in total. The molecule has 6 heteroatoms. The van der Waals surface area contributed by atoms with Crippen molar-refractivity contribution in [2.24, 2.45) is 0 Å². The average molecular weight is 459 g/mol. The van der Waals surface area contributed by atoms with Crippen LogP contribution in [0.2, 0.25) is 0 Å². The summed E-state index contributed by atoms with van der Waals surface area (Å²) in [5.41, 5.74) is 2.09. The topological polar surface area (TPSA) is 56.5 Å². The normalized spacial score (nSPS) is 15.8. The molecule has 0 saturated heterocycles. The first-order valence-corrected chi connectivity index (χ1v) is 11.1. The Bertz CT molecular complexity index is 920. The van der Waals surface area contributed by atoms with Gasteiger partial charge in [-0.2, -0.15) is 0 Å². The maximum absolute atomic E-state index is 10.6. The molecule has 1 aromatic heterocycles. The van der Waals surface area contributed by atoms with E-state index in [2.05, 4.69) is 26.6 Å². The van der Waals surface area contributed by atoms with Gasteiger partial charge in [-0.25, -0.2) is 4.98 Å². The van der Waals surface area contributed by atoms with Crippen LogP contribution in [-0.4, -0.2) is 40.6 Å². The van der Waals surface area contributed by atoms with E-state index in [0.29, 0.717) is 25.7 Å². The molecule has 154 valence electrons. The first-order valence-electron chi connectivity index (χ1n) is 10.3. The summed E-state index contributed by atoms with van der Waals surface area (Å²) >= 11 is 3.41. The maximum Gasteiger partial charge on any atom is 0.119 e. The van der Waals surface area contributed by atoms with Gasteiger partial charge in [0.05, 0.1) is 36.9 Å². The first-order chi connectivity index (χ1) is 14.2. The number of rotatable bonds is 9. The number of aromatic nitrogens is 2. The van der Waals surface area contributed by atoms with Crippen molar-refractivity contribution >= 4 is 27.0 Å². The molecule has 0 aliphatic heterocycles. The Balaban J connectivity index is 1.31. The molecule has 2 aromatic carbocycles. The molecule has 1 N–H and O–H groups in total. The van der Waals surface area contributed by atoms with Gasteiger partial charge in [0, 0.05) is 10.4 Å². The highest BCUT2D eigenvalue weighted by Gasteiger charge is 2.24. The largest absolute Gasteiger partial charge is 0.491 e. The fourth-order valence-corrected chi connectivity index (χ4v) is 4.28. The van der Waals surface area contributed by atoms with Crippen molar-refractivity contribution in [1.82, 2.24) is 9.55 Å². The van der Waals surface area contributed by atoms with Crippen LogP contribution in [0.25, 0.3) is 11.0 Å². The van der Waals surface area contributed by atoms with E-state index in [1.807, 2.05) is 42.5 Å². The summed E-state index contributed by atoms with van der Waals surface area (Å²) in [4.78, 5) is 4.88. The van der Waals surface area contributed by atoms with Crippen molar-refractivity contribution in [3.8, 4) is 5.75 Å². The van der Waals surface area contributed by atoms with Gasteiger partial charge < -0.3 is 19.1 Å². The number of imidazole rings is 1. The molecule has 0 bridgehead atoms. The number of aliphatic hydroxyl groups excluding tert-OH is 1. The van der Waals surface area contributed by atoms with Crippen LogP contribution in [0.15, 0.2) is 53.0 Å². The van der Waals surface area contributed by atoms with E-state index in [4.69, 9.17) is 14.5 Å². The molecule has 1 heterocycles. The minimum atomic E-state index is -0.583. The monoisotopic (exact) mass is 458 g/mol. The lowest BCUT2D eigenvalue weighted by molar-refractivity contribution is 0.0174. The van der Waals surface area contributed by atoms with E-state index >= 15 is 0 Å². The molecule has 1 atom stereocenters. The molecule has 1 unspecified atom stereocenters. The van der Waals surface area contributed by atoms with E-state index in [9.17, 15) is 5.11 Å². The quantitative estimate of drug-likeness (QED) is 0.462. The summed E-state index contributed by atoms with van der Waals surface area (Å²) < 4.78 is 14.5. The predicted octanol–water partition coefficient (Wildman–Crippen LogP) is 4.91. The lowest BCUT2D eigenvalue weighted by Crippen LogP contribution is -2.24. The number of ether oxygens (including phenoxy) is 2. The van der Waals surface area contributed by atoms with Gasteiger partial charge in [0.25, 0.3) is 0 Å². The van der Waals surface area contributed by atoms with Gasteiger partial charge in [-0.05, 0) is 49.2 Å². The Kier molecular flexibility index (Phi) is 6.85. The third kappa shape index (κ3) is 5.18. The third-order valence-corrected chi connectivity index (χ3v) is 5.95. The van der Waals surface area contributed by atoms with Crippen LogP contribution < -0.4 is 4.74 Å². The summed E-state index contributed by atoms with van der Waals surface area (Å²) in [6, 6.07) is 15.9. The van der Waals surface area contributed by atoms with Crippen molar-refractivity contribution in [3.05, 3.63) is 58.8 Å². The molecular weight excluding hydrogens is 432 g/mol. The van der Waals surface area contributed by atoms with Crippen molar-refractivity contribution in [2.75, 3.05) is 19.8 Å². The molecule has 1 aliphatic carbocycles. The maximum atomic E-state index is 10.6. The molecular formula is C23H27BrN2O3. The Morgan fingerprint density at radius 3 is 2.62 bits per heavy atom. The number of aliphatic hydroxyl groups is 1. The van der Waals surface area contributed by atoms with Crippen LogP contribution in [0.4, 0.5) is 0 Å². The highest BCUT2D eigenvalue weighted by molar-refractivity contribution is 9.10. The number of hydrogen-bond acceptors (Lipinski definition) is 4. The molecule has 1 aliphatic rings. The van der Waals surface area contributed by atoms with Crippen LogP contribution in [-0.2, 0) is 11.3 Å². The second-order valence-corrected chi connectivity index (χ2v) is 8.50. The number of nitrogens with zero attached hydrogens (tertiary/aromatic N) is 2. The van der Waals surface area contributed by atoms with Crippen LogP contribution in [0, 0.1) is 0 Å². The van der Waals surface area contributed by atoms with Crippen LogP contribution in [0.5, 0.6) is 5.75 Å². The fraction of sp³-hybridized carbons (Fsp3) is 0.435. The van der Waals surface area contributed by atoms with Gasteiger partial charge >= 0.3 is 0 Å². The molecule has 29 heavy (non-hydrogen) atoms. The zero-order valence-electron chi connectivity index (χ0n) is 16.5. The number of halogens is 1. The zero-order chi connectivity index (χ0) is 20.1. The van der Waals surface area contributed by atoms with Gasteiger partial charge in [0.15, 0.2) is 0 Å². The van der Waals surface area contributed by atoms with E-state index < -0.39 is 6.10 Å². The first kappa shape index (κ1) is 20.4. The smallest absolute Gasteiger partial charge is 0.119 e. The SMILES string of the molecule is OC(COCCOc1ccc(Br)cc1)Cn1c(C2CCCC2)nc2ccccc21. The van der Waals surface area contributed by atoms with Gasteiger partial charge in [0.1, 0.15) is 18.2 Å². The van der Waals surface area contributed by atoms with E-state index in [1.54, 1.807) is 0 Å². The Labute approximate surface area is 179 Å². The number of benzene rings is 2. The minimum Gasteiger partial charge on any atom is -0.491 e. The highest BCUT2D eigenvalue weighted by atomic mass is 79.9. The van der Waals surface area contributed by atoms with E-state index in [0.717, 1.165) is 27.1 Å². The van der Waals surface area contributed by atoms with Gasteiger partial charge in [-0.1, -0.05) is 40.9 Å². The number of fused-ring (bicyclic) bond motifs is 1. The van der Waals surface area contributed by atoms with Gasteiger partial charge in [-0.15, -0.1) is 0 Å². The summed E-state index contributed by atoms with van der Waals surface area (Å²) in [6.07, 6.45) is 4.31. The highest BCUT2D eigenvalue weighted by Crippen LogP contribution is 2.35. The van der Waals surface area contributed by atoms with Crippen LogP contribution in [0.3, 0.4) is 0 Å². The van der Waals surface area contributed by atoms with Crippen LogP contribution in [0.1, 0.15) is 37.4 Å². The second kappa shape index (κ2) is 9.74. The average Bonchev–Trinajstić information content (AvgIpc) is 3.37. The summed E-state index contributed by atoms with van der Waals surface area (Å²) in [5, 5.41) is 10.6. The van der Waals surface area contributed by atoms with Gasteiger partial charge in [0.2, 0.25) is 0 Å². The molecule has 1 fully saturated rings. The lowest BCUT2D eigenvalue weighted by atomic mass is 10.1. The lowest BCUT2D eigenvalue weighted by Gasteiger charge is -2.17. The third-order valence-electron chi connectivity index (χ3n) is 5.42. The Morgan fingerprint density at radius 2 is 1.83 bits per heavy atom. The molecule has 1 saturated carbocycles. The van der Waals surface area contributed by atoms with E-state index in [-0.39, 0.29) is 6.61 Å². The van der Waals surface area contributed by atoms with Crippen molar-refractivity contribution in [2.45, 2.75) is 44.2 Å². The van der Waals surface area contributed by atoms with Crippen molar-refractivity contribution < 1.29 is 14.6 Å². The predicted molar refractivity (Wildman–Crippen MR) is 117 cm³/mol. The second-order valence-electron chi connectivity index (χ2n) is 7.58. The Hall–Kier alpha value is -1.89.